The van der Waals surface area contributed by atoms with E-state index >= 15 is 0 Å². The summed E-state index contributed by atoms with van der Waals surface area (Å²) in [6.07, 6.45) is 0.153. The molecule has 0 amide bonds. The molecule has 0 saturated heterocycles. The van der Waals surface area contributed by atoms with Gasteiger partial charge in [-0.05, 0) is 24.1 Å². The number of aliphatic hydroxyl groups is 2. The number of benzene rings is 1. The Bertz CT molecular complexity index is 309. The van der Waals surface area contributed by atoms with E-state index in [1.807, 2.05) is 31.2 Å². The Hall–Kier alpha value is -0.420. The van der Waals surface area contributed by atoms with Crippen molar-refractivity contribution in [3.8, 4) is 0 Å². The summed E-state index contributed by atoms with van der Waals surface area (Å²) >= 11 is 3.37. The SMILES string of the molecule is CC[C@@H](CO)[C@@H](O)COCc1ccc(Br)cc1. The zero-order valence-corrected chi connectivity index (χ0v) is 11.6. The summed E-state index contributed by atoms with van der Waals surface area (Å²) in [4.78, 5) is 0. The average Bonchev–Trinajstić information content (AvgIpc) is 2.33. The molecule has 0 saturated carbocycles. The first-order valence-corrected chi connectivity index (χ1v) is 6.57. The molecule has 0 radical (unpaired) electrons. The summed E-state index contributed by atoms with van der Waals surface area (Å²) in [5.74, 6) is -0.0973. The predicted molar refractivity (Wildman–Crippen MR) is 70.7 cm³/mol. The Balaban J connectivity index is 2.30. The molecule has 4 heteroatoms. The van der Waals surface area contributed by atoms with E-state index in [1.165, 1.54) is 0 Å². The molecule has 0 aromatic heterocycles. The summed E-state index contributed by atoms with van der Waals surface area (Å²) in [5, 5.41) is 18.8. The first-order valence-electron chi connectivity index (χ1n) is 5.78. The van der Waals surface area contributed by atoms with E-state index in [0.29, 0.717) is 6.61 Å². The van der Waals surface area contributed by atoms with E-state index in [4.69, 9.17) is 9.84 Å². The van der Waals surface area contributed by atoms with Crippen molar-refractivity contribution in [1.29, 1.82) is 0 Å². The van der Waals surface area contributed by atoms with Crippen LogP contribution in [-0.4, -0.2) is 29.5 Å². The van der Waals surface area contributed by atoms with Gasteiger partial charge >= 0.3 is 0 Å². The zero-order chi connectivity index (χ0) is 12.7. The number of halogens is 1. The van der Waals surface area contributed by atoms with Crippen LogP contribution in [0, 0.1) is 5.92 Å². The lowest BCUT2D eigenvalue weighted by molar-refractivity contribution is -0.0171. The van der Waals surface area contributed by atoms with Gasteiger partial charge in [0.1, 0.15) is 0 Å². The van der Waals surface area contributed by atoms with Gasteiger partial charge in [0.15, 0.2) is 0 Å². The number of aliphatic hydroxyl groups excluding tert-OH is 2. The van der Waals surface area contributed by atoms with Crippen molar-refractivity contribution in [3.63, 3.8) is 0 Å². The first-order chi connectivity index (χ1) is 8.17. The molecule has 96 valence electrons. The summed E-state index contributed by atoms with van der Waals surface area (Å²) < 4.78 is 6.46. The molecule has 0 aliphatic heterocycles. The van der Waals surface area contributed by atoms with Gasteiger partial charge in [-0.2, -0.15) is 0 Å². The monoisotopic (exact) mass is 302 g/mol. The fourth-order valence-corrected chi connectivity index (χ4v) is 1.80. The summed E-state index contributed by atoms with van der Waals surface area (Å²) in [6, 6.07) is 7.86. The lowest BCUT2D eigenvalue weighted by Gasteiger charge is -2.19. The van der Waals surface area contributed by atoms with Crippen LogP contribution >= 0.6 is 15.9 Å². The molecule has 17 heavy (non-hydrogen) atoms. The van der Waals surface area contributed by atoms with Crippen LogP contribution in [0.15, 0.2) is 28.7 Å². The van der Waals surface area contributed by atoms with Gasteiger partial charge in [-0.15, -0.1) is 0 Å². The maximum absolute atomic E-state index is 9.74. The van der Waals surface area contributed by atoms with E-state index in [2.05, 4.69) is 15.9 Å². The smallest absolute Gasteiger partial charge is 0.0823 e. The van der Waals surface area contributed by atoms with Gasteiger partial charge in [0.2, 0.25) is 0 Å². The molecule has 0 fully saturated rings. The lowest BCUT2D eigenvalue weighted by atomic mass is 10.0. The van der Waals surface area contributed by atoms with Crippen LogP contribution in [0.5, 0.6) is 0 Å². The second-order valence-corrected chi connectivity index (χ2v) is 4.98. The molecular formula is C13H19BrO3. The molecule has 1 aromatic rings. The predicted octanol–water partition coefficient (Wildman–Crippen LogP) is 2.35. The molecule has 0 spiro atoms. The third-order valence-electron chi connectivity index (χ3n) is 2.77. The fraction of sp³-hybridized carbons (Fsp3) is 0.538. The normalized spacial score (nSPS) is 14.6. The third kappa shape index (κ3) is 5.17. The number of rotatable bonds is 7. The van der Waals surface area contributed by atoms with Crippen molar-refractivity contribution >= 4 is 15.9 Å². The van der Waals surface area contributed by atoms with Crippen LogP contribution in [0.1, 0.15) is 18.9 Å². The van der Waals surface area contributed by atoms with Crippen LogP contribution in [0.4, 0.5) is 0 Å². The number of hydrogen-bond acceptors (Lipinski definition) is 3. The second-order valence-electron chi connectivity index (χ2n) is 4.06. The first kappa shape index (κ1) is 14.6. The molecule has 0 bridgehead atoms. The molecule has 1 aromatic carbocycles. The molecule has 0 heterocycles. The second kappa shape index (κ2) is 7.82. The molecule has 0 unspecified atom stereocenters. The van der Waals surface area contributed by atoms with E-state index < -0.39 is 6.10 Å². The maximum Gasteiger partial charge on any atom is 0.0823 e. The van der Waals surface area contributed by atoms with E-state index in [1.54, 1.807) is 0 Å². The Morgan fingerprint density at radius 1 is 1.29 bits per heavy atom. The standard InChI is InChI=1S/C13H19BrO3/c1-2-11(7-15)13(16)9-17-8-10-3-5-12(14)6-4-10/h3-6,11,13,15-16H,2,7-9H2,1H3/t11-,13-/m0/s1. The summed E-state index contributed by atoms with van der Waals surface area (Å²) in [6.45, 7) is 2.68. The van der Waals surface area contributed by atoms with Crippen molar-refractivity contribution in [2.24, 2.45) is 5.92 Å². The third-order valence-corrected chi connectivity index (χ3v) is 3.30. The van der Waals surface area contributed by atoms with Crippen molar-refractivity contribution in [3.05, 3.63) is 34.3 Å². The largest absolute Gasteiger partial charge is 0.396 e. The van der Waals surface area contributed by atoms with Crippen LogP contribution < -0.4 is 0 Å². The van der Waals surface area contributed by atoms with Gasteiger partial charge < -0.3 is 14.9 Å². The molecule has 2 N–H and O–H groups in total. The Morgan fingerprint density at radius 2 is 1.94 bits per heavy atom. The Labute approximate surface area is 111 Å². The van der Waals surface area contributed by atoms with Crippen molar-refractivity contribution in [2.75, 3.05) is 13.2 Å². The summed E-state index contributed by atoms with van der Waals surface area (Å²) in [5.41, 5.74) is 1.07. The molecule has 1 rings (SSSR count). The van der Waals surface area contributed by atoms with Gasteiger partial charge in [-0.25, -0.2) is 0 Å². The molecule has 0 aliphatic rings. The molecular weight excluding hydrogens is 284 g/mol. The highest BCUT2D eigenvalue weighted by Gasteiger charge is 2.16. The van der Waals surface area contributed by atoms with E-state index in [-0.39, 0.29) is 19.1 Å². The topological polar surface area (TPSA) is 49.7 Å². The lowest BCUT2D eigenvalue weighted by Crippen LogP contribution is -2.27. The van der Waals surface area contributed by atoms with E-state index in [9.17, 15) is 5.11 Å². The van der Waals surface area contributed by atoms with Crippen LogP contribution in [0.2, 0.25) is 0 Å². The quantitative estimate of drug-likeness (QED) is 0.813. The van der Waals surface area contributed by atoms with Gasteiger partial charge in [-0.1, -0.05) is 35.0 Å². The highest BCUT2D eigenvalue weighted by molar-refractivity contribution is 9.10. The highest BCUT2D eigenvalue weighted by Crippen LogP contribution is 2.12. The maximum atomic E-state index is 9.74. The fourth-order valence-electron chi connectivity index (χ4n) is 1.54. The van der Waals surface area contributed by atoms with Crippen LogP contribution in [0.3, 0.4) is 0 Å². The highest BCUT2D eigenvalue weighted by atomic mass is 79.9. The van der Waals surface area contributed by atoms with Gasteiger partial charge in [0, 0.05) is 17.0 Å². The van der Waals surface area contributed by atoms with Crippen molar-refractivity contribution in [2.45, 2.75) is 26.1 Å². The molecule has 0 aliphatic carbocycles. The van der Waals surface area contributed by atoms with Gasteiger partial charge in [0.25, 0.3) is 0 Å². The number of hydrogen-bond donors (Lipinski definition) is 2. The van der Waals surface area contributed by atoms with Crippen molar-refractivity contribution < 1.29 is 14.9 Å². The Kier molecular flexibility index (Phi) is 6.73. The minimum atomic E-state index is -0.597. The Morgan fingerprint density at radius 3 is 2.47 bits per heavy atom. The average molecular weight is 303 g/mol. The minimum absolute atomic E-state index is 0.000684. The van der Waals surface area contributed by atoms with Gasteiger partial charge in [0.05, 0.1) is 19.3 Å². The zero-order valence-electron chi connectivity index (χ0n) is 9.97. The van der Waals surface area contributed by atoms with E-state index in [0.717, 1.165) is 16.5 Å². The molecule has 3 nitrogen and oxygen atoms in total. The summed E-state index contributed by atoms with van der Waals surface area (Å²) in [7, 11) is 0. The van der Waals surface area contributed by atoms with Gasteiger partial charge in [-0.3, -0.25) is 0 Å². The molecule has 2 atom stereocenters. The van der Waals surface area contributed by atoms with Crippen LogP contribution in [0.25, 0.3) is 0 Å². The van der Waals surface area contributed by atoms with Crippen molar-refractivity contribution in [1.82, 2.24) is 0 Å². The van der Waals surface area contributed by atoms with Crippen LogP contribution in [-0.2, 0) is 11.3 Å². The minimum Gasteiger partial charge on any atom is -0.396 e. The number of ether oxygens (including phenoxy) is 1.